The lowest BCUT2D eigenvalue weighted by Crippen LogP contribution is -2.30. The normalized spacial score (nSPS) is 19.9. The fourth-order valence-electron chi connectivity index (χ4n) is 2.13. The molecule has 0 aromatic carbocycles. The number of rotatable bonds is 2. The van der Waals surface area contributed by atoms with Gasteiger partial charge in [-0.1, -0.05) is 41.4 Å². The number of hydrogen-bond donors (Lipinski definition) is 1. The first-order valence-corrected chi connectivity index (χ1v) is 7.93. The summed E-state index contributed by atoms with van der Waals surface area (Å²) in [7, 11) is 0. The number of carbonyl (C=O) groups excluding carboxylic acids is 1. The minimum Gasteiger partial charge on any atom is -0.355 e. The van der Waals surface area contributed by atoms with E-state index in [4.69, 9.17) is 23.2 Å². The molecule has 5 nitrogen and oxygen atoms in total. The summed E-state index contributed by atoms with van der Waals surface area (Å²) < 4.78 is 1.73. The van der Waals surface area contributed by atoms with E-state index in [1.54, 1.807) is 16.7 Å². The first-order chi connectivity index (χ1) is 9.65. The van der Waals surface area contributed by atoms with Gasteiger partial charge in [-0.25, -0.2) is 0 Å². The van der Waals surface area contributed by atoms with Crippen LogP contribution in [0.2, 0.25) is 10.0 Å². The molecule has 0 unspecified atom stereocenters. The van der Waals surface area contributed by atoms with Gasteiger partial charge in [0.1, 0.15) is 0 Å². The van der Waals surface area contributed by atoms with Crippen molar-refractivity contribution in [2.24, 2.45) is 0 Å². The van der Waals surface area contributed by atoms with E-state index in [1.165, 1.54) is 11.8 Å². The summed E-state index contributed by atoms with van der Waals surface area (Å²) in [5, 5.41) is 12.5. The molecular weight excluding hydrogens is 319 g/mol. The predicted octanol–water partition coefficient (Wildman–Crippen LogP) is 2.80. The van der Waals surface area contributed by atoms with Crippen molar-refractivity contribution >= 4 is 46.5 Å². The summed E-state index contributed by atoms with van der Waals surface area (Å²) in [5.74, 6) is 0.0531. The van der Waals surface area contributed by atoms with Crippen molar-refractivity contribution in [1.82, 2.24) is 19.9 Å². The molecule has 0 spiro atoms. The summed E-state index contributed by atoms with van der Waals surface area (Å²) in [6, 6.07) is 1.62. The van der Waals surface area contributed by atoms with Crippen molar-refractivity contribution in [3.05, 3.63) is 22.3 Å². The first kappa shape index (κ1) is 14.0. The van der Waals surface area contributed by atoms with Gasteiger partial charge in [0.25, 0.3) is 0 Å². The molecule has 3 rings (SSSR count). The highest BCUT2D eigenvalue weighted by atomic mass is 35.5. The Morgan fingerprint density at radius 1 is 1.35 bits per heavy atom. The van der Waals surface area contributed by atoms with Crippen LogP contribution in [0.5, 0.6) is 0 Å². The second-order valence-corrected chi connectivity index (χ2v) is 6.59. The number of amides is 1. The number of carbonyl (C=O) groups is 1. The van der Waals surface area contributed by atoms with Crippen LogP contribution in [-0.2, 0) is 4.79 Å². The van der Waals surface area contributed by atoms with Crippen LogP contribution in [-0.4, -0.2) is 32.3 Å². The molecular formula is C12H12Cl2N4OS. The number of nitrogens with zero attached hydrogens (tertiary/aromatic N) is 3. The Hall–Kier alpha value is -0.980. The second kappa shape index (κ2) is 5.79. The number of pyridine rings is 1. The Labute approximate surface area is 130 Å². The third kappa shape index (κ3) is 2.73. The third-order valence-electron chi connectivity index (χ3n) is 3.13. The number of halogens is 2. The van der Waals surface area contributed by atoms with Gasteiger partial charge in [-0.2, -0.15) is 0 Å². The van der Waals surface area contributed by atoms with Crippen LogP contribution in [0.15, 0.2) is 17.4 Å². The van der Waals surface area contributed by atoms with Crippen molar-refractivity contribution in [3.63, 3.8) is 0 Å². The molecule has 1 aliphatic heterocycles. The SMILES string of the molecule is O=C1NCCCC[C@H]1Sc1nnc2c(Cl)cc(Cl)cn12. The standard InChI is InChI=1S/C12H12Cl2N4OS/c13-7-5-8(14)10-16-17-12(18(10)6-7)20-9-3-1-2-4-15-11(9)19/h5-6,9H,1-4H2,(H,15,19)/t9-/m1/s1. The Kier molecular flexibility index (Phi) is 4.05. The van der Waals surface area contributed by atoms with Crippen molar-refractivity contribution in [1.29, 1.82) is 0 Å². The van der Waals surface area contributed by atoms with Crippen molar-refractivity contribution in [2.45, 2.75) is 29.7 Å². The van der Waals surface area contributed by atoms with E-state index in [9.17, 15) is 4.79 Å². The third-order valence-corrected chi connectivity index (χ3v) is 4.84. The average Bonchev–Trinajstić information content (AvgIpc) is 2.68. The second-order valence-electron chi connectivity index (χ2n) is 4.58. The topological polar surface area (TPSA) is 59.3 Å². The molecule has 1 amide bonds. The zero-order chi connectivity index (χ0) is 14.1. The van der Waals surface area contributed by atoms with Gasteiger partial charge < -0.3 is 5.32 Å². The molecule has 106 valence electrons. The molecule has 8 heteroatoms. The summed E-state index contributed by atoms with van der Waals surface area (Å²) in [5.41, 5.74) is 0.549. The van der Waals surface area contributed by atoms with Gasteiger partial charge in [-0.05, 0) is 18.9 Å². The zero-order valence-electron chi connectivity index (χ0n) is 10.5. The maximum atomic E-state index is 12.0. The molecule has 1 fully saturated rings. The molecule has 1 N–H and O–H groups in total. The Bertz CT molecular complexity index is 660. The maximum Gasteiger partial charge on any atom is 0.233 e. The van der Waals surface area contributed by atoms with E-state index in [0.29, 0.717) is 20.8 Å². The molecule has 1 aliphatic rings. The molecule has 1 atom stereocenters. The predicted molar refractivity (Wildman–Crippen MR) is 79.5 cm³/mol. The van der Waals surface area contributed by atoms with Gasteiger partial charge >= 0.3 is 0 Å². The van der Waals surface area contributed by atoms with E-state index in [1.807, 2.05) is 0 Å². The fourth-order valence-corrected chi connectivity index (χ4v) is 3.71. The zero-order valence-corrected chi connectivity index (χ0v) is 12.8. The highest BCUT2D eigenvalue weighted by molar-refractivity contribution is 8.00. The van der Waals surface area contributed by atoms with Crippen LogP contribution in [0, 0.1) is 0 Å². The lowest BCUT2D eigenvalue weighted by Gasteiger charge is -2.11. The number of fused-ring (bicyclic) bond motifs is 1. The van der Waals surface area contributed by atoms with Crippen LogP contribution in [0.25, 0.3) is 5.65 Å². The van der Waals surface area contributed by atoms with Gasteiger partial charge in [0.2, 0.25) is 5.91 Å². The largest absolute Gasteiger partial charge is 0.355 e. The van der Waals surface area contributed by atoms with Crippen molar-refractivity contribution < 1.29 is 4.79 Å². The Morgan fingerprint density at radius 2 is 2.20 bits per heavy atom. The van der Waals surface area contributed by atoms with Crippen LogP contribution >= 0.6 is 35.0 Å². The molecule has 20 heavy (non-hydrogen) atoms. The summed E-state index contributed by atoms with van der Waals surface area (Å²) in [6.07, 6.45) is 4.58. The minimum absolute atomic E-state index is 0.0531. The number of thioether (sulfide) groups is 1. The van der Waals surface area contributed by atoms with E-state index in [-0.39, 0.29) is 11.2 Å². The molecule has 0 bridgehead atoms. The highest BCUT2D eigenvalue weighted by Crippen LogP contribution is 2.30. The van der Waals surface area contributed by atoms with Crippen molar-refractivity contribution in [2.75, 3.05) is 6.54 Å². The Morgan fingerprint density at radius 3 is 3.05 bits per heavy atom. The van der Waals surface area contributed by atoms with Gasteiger partial charge in [0.15, 0.2) is 10.8 Å². The summed E-state index contributed by atoms with van der Waals surface area (Å²) in [4.78, 5) is 12.0. The number of hydrogen-bond acceptors (Lipinski definition) is 4. The lowest BCUT2D eigenvalue weighted by molar-refractivity contribution is -0.120. The fraction of sp³-hybridized carbons (Fsp3) is 0.417. The van der Waals surface area contributed by atoms with Crippen molar-refractivity contribution in [3.8, 4) is 0 Å². The number of nitrogens with one attached hydrogen (secondary N) is 1. The lowest BCUT2D eigenvalue weighted by atomic mass is 10.2. The van der Waals surface area contributed by atoms with Crippen LogP contribution in [0.1, 0.15) is 19.3 Å². The summed E-state index contributed by atoms with van der Waals surface area (Å²) in [6.45, 7) is 0.744. The van der Waals surface area contributed by atoms with E-state index >= 15 is 0 Å². The molecule has 3 heterocycles. The molecule has 1 saturated heterocycles. The Balaban J connectivity index is 1.92. The average molecular weight is 331 g/mol. The smallest absolute Gasteiger partial charge is 0.233 e. The van der Waals surface area contributed by atoms with E-state index < -0.39 is 0 Å². The molecule has 0 radical (unpaired) electrons. The first-order valence-electron chi connectivity index (χ1n) is 6.29. The highest BCUT2D eigenvalue weighted by Gasteiger charge is 2.24. The van der Waals surface area contributed by atoms with E-state index in [0.717, 1.165) is 25.8 Å². The quantitative estimate of drug-likeness (QED) is 0.919. The van der Waals surface area contributed by atoms with Gasteiger partial charge in [-0.15, -0.1) is 10.2 Å². The monoisotopic (exact) mass is 330 g/mol. The van der Waals surface area contributed by atoms with Crippen LogP contribution in [0.3, 0.4) is 0 Å². The minimum atomic E-state index is -0.150. The summed E-state index contributed by atoms with van der Waals surface area (Å²) >= 11 is 13.5. The van der Waals surface area contributed by atoms with Crippen LogP contribution in [0.4, 0.5) is 0 Å². The molecule has 0 saturated carbocycles. The molecule has 2 aromatic heterocycles. The molecule has 0 aliphatic carbocycles. The van der Waals surface area contributed by atoms with E-state index in [2.05, 4.69) is 15.5 Å². The molecule has 2 aromatic rings. The maximum absolute atomic E-state index is 12.0. The van der Waals surface area contributed by atoms with Gasteiger partial charge in [0.05, 0.1) is 15.3 Å². The van der Waals surface area contributed by atoms with Crippen LogP contribution < -0.4 is 5.32 Å². The number of aromatic nitrogens is 3. The van der Waals surface area contributed by atoms with Gasteiger partial charge in [-0.3, -0.25) is 9.20 Å². The van der Waals surface area contributed by atoms with Gasteiger partial charge in [0, 0.05) is 12.7 Å².